The van der Waals surface area contributed by atoms with Crippen molar-refractivity contribution in [1.29, 1.82) is 0 Å². The lowest BCUT2D eigenvalue weighted by Gasteiger charge is -2.32. The van der Waals surface area contributed by atoms with Gasteiger partial charge in [-0.3, -0.25) is 0 Å². The summed E-state index contributed by atoms with van der Waals surface area (Å²) in [6.45, 7) is 5.41. The first-order valence-corrected chi connectivity index (χ1v) is 7.51. The minimum Gasteiger partial charge on any atom is -0.392 e. The third kappa shape index (κ3) is 3.61. The molecule has 1 aromatic rings. The van der Waals surface area contributed by atoms with Gasteiger partial charge >= 0.3 is 0 Å². The largest absolute Gasteiger partial charge is 0.392 e. The number of rotatable bonds is 5. The molecule has 1 aliphatic carbocycles. The van der Waals surface area contributed by atoms with Crippen molar-refractivity contribution < 1.29 is 5.11 Å². The zero-order chi connectivity index (χ0) is 13.8. The minimum absolute atomic E-state index is 0.0133. The van der Waals surface area contributed by atoms with Gasteiger partial charge in [-0.2, -0.15) is 0 Å². The predicted octanol–water partition coefficient (Wildman–Crippen LogP) is 3.63. The van der Waals surface area contributed by atoms with Gasteiger partial charge in [-0.05, 0) is 30.4 Å². The molecule has 0 aliphatic heterocycles. The van der Waals surface area contributed by atoms with Gasteiger partial charge in [0, 0.05) is 18.8 Å². The van der Waals surface area contributed by atoms with Gasteiger partial charge in [-0.25, -0.2) is 4.98 Å². The monoisotopic (exact) mass is 282 g/mol. The molecular weight excluding hydrogens is 260 g/mol. The highest BCUT2D eigenvalue weighted by Crippen LogP contribution is 2.32. The molecule has 1 heterocycles. The Labute approximate surface area is 120 Å². The summed E-state index contributed by atoms with van der Waals surface area (Å²) in [6.07, 6.45) is 6.78. The molecule has 19 heavy (non-hydrogen) atoms. The van der Waals surface area contributed by atoms with Gasteiger partial charge in [0.15, 0.2) is 0 Å². The van der Waals surface area contributed by atoms with E-state index >= 15 is 0 Å². The van der Waals surface area contributed by atoms with Crippen LogP contribution < -0.4 is 4.90 Å². The summed E-state index contributed by atoms with van der Waals surface area (Å²) >= 11 is 6.35. The molecule has 0 atom stereocenters. The van der Waals surface area contributed by atoms with Crippen LogP contribution in [0.5, 0.6) is 0 Å². The SMILES string of the molecule is CC(C)CN(c1ncc(CO)cc1Cl)C1CCCC1. The molecule has 1 aliphatic rings. The summed E-state index contributed by atoms with van der Waals surface area (Å²) in [7, 11) is 0. The first-order chi connectivity index (χ1) is 9.11. The third-order valence-corrected chi connectivity index (χ3v) is 3.94. The van der Waals surface area contributed by atoms with E-state index in [0.29, 0.717) is 17.0 Å². The lowest BCUT2D eigenvalue weighted by molar-refractivity contribution is 0.281. The van der Waals surface area contributed by atoms with Crippen molar-refractivity contribution in [3.63, 3.8) is 0 Å². The van der Waals surface area contributed by atoms with E-state index in [1.165, 1.54) is 25.7 Å². The van der Waals surface area contributed by atoms with E-state index in [-0.39, 0.29) is 6.61 Å². The van der Waals surface area contributed by atoms with Crippen LogP contribution in [0.1, 0.15) is 45.1 Å². The fourth-order valence-corrected chi connectivity index (χ4v) is 3.08. The van der Waals surface area contributed by atoms with E-state index in [9.17, 15) is 0 Å². The summed E-state index contributed by atoms with van der Waals surface area (Å²) in [5.41, 5.74) is 0.768. The van der Waals surface area contributed by atoms with Crippen molar-refractivity contribution in [2.24, 2.45) is 5.92 Å². The van der Waals surface area contributed by atoms with Gasteiger partial charge in [0.05, 0.1) is 11.6 Å². The summed E-state index contributed by atoms with van der Waals surface area (Å²) in [6, 6.07) is 2.39. The van der Waals surface area contributed by atoms with Crippen LogP contribution in [0, 0.1) is 5.92 Å². The molecule has 2 rings (SSSR count). The maximum absolute atomic E-state index is 9.14. The average Bonchev–Trinajstić information content (AvgIpc) is 2.89. The third-order valence-electron chi connectivity index (χ3n) is 3.66. The van der Waals surface area contributed by atoms with E-state index < -0.39 is 0 Å². The quantitative estimate of drug-likeness (QED) is 0.896. The molecule has 3 nitrogen and oxygen atoms in total. The number of aliphatic hydroxyl groups is 1. The number of halogens is 1. The van der Waals surface area contributed by atoms with Crippen molar-refractivity contribution in [3.8, 4) is 0 Å². The van der Waals surface area contributed by atoms with Crippen LogP contribution in [-0.4, -0.2) is 22.7 Å². The summed E-state index contributed by atoms with van der Waals surface area (Å²) in [5.74, 6) is 1.45. The second kappa shape index (κ2) is 6.58. The molecule has 0 spiro atoms. The number of anilines is 1. The normalized spacial score (nSPS) is 16.3. The zero-order valence-corrected chi connectivity index (χ0v) is 12.5. The van der Waals surface area contributed by atoms with Crippen molar-refractivity contribution in [2.75, 3.05) is 11.4 Å². The summed E-state index contributed by atoms with van der Waals surface area (Å²) in [5, 5.41) is 9.79. The molecule has 0 saturated heterocycles. The number of hydrogen-bond donors (Lipinski definition) is 1. The molecule has 0 bridgehead atoms. The van der Waals surface area contributed by atoms with E-state index in [0.717, 1.165) is 17.9 Å². The molecule has 106 valence electrons. The van der Waals surface area contributed by atoms with Gasteiger partial charge in [0.2, 0.25) is 0 Å². The van der Waals surface area contributed by atoms with Crippen LogP contribution in [0.4, 0.5) is 5.82 Å². The van der Waals surface area contributed by atoms with E-state index in [4.69, 9.17) is 16.7 Å². The Morgan fingerprint density at radius 3 is 2.63 bits per heavy atom. The van der Waals surface area contributed by atoms with Crippen LogP contribution in [-0.2, 0) is 6.61 Å². The van der Waals surface area contributed by atoms with Crippen LogP contribution in [0.25, 0.3) is 0 Å². The lowest BCUT2D eigenvalue weighted by Crippen LogP contribution is -2.37. The predicted molar refractivity (Wildman–Crippen MR) is 79.6 cm³/mol. The topological polar surface area (TPSA) is 36.4 Å². The van der Waals surface area contributed by atoms with Gasteiger partial charge in [0.1, 0.15) is 5.82 Å². The van der Waals surface area contributed by atoms with Crippen LogP contribution in [0.3, 0.4) is 0 Å². The molecule has 1 fully saturated rings. The first-order valence-electron chi connectivity index (χ1n) is 7.13. The highest BCUT2D eigenvalue weighted by Gasteiger charge is 2.25. The first kappa shape index (κ1) is 14.6. The Kier molecular flexibility index (Phi) is 5.06. The Morgan fingerprint density at radius 2 is 2.11 bits per heavy atom. The van der Waals surface area contributed by atoms with Crippen LogP contribution in [0.15, 0.2) is 12.3 Å². The van der Waals surface area contributed by atoms with Crippen molar-refractivity contribution >= 4 is 17.4 Å². The maximum Gasteiger partial charge on any atom is 0.147 e. The van der Waals surface area contributed by atoms with Gasteiger partial charge in [-0.15, -0.1) is 0 Å². The maximum atomic E-state index is 9.14. The number of aromatic nitrogens is 1. The molecule has 1 aromatic heterocycles. The summed E-state index contributed by atoms with van der Waals surface area (Å²) in [4.78, 5) is 6.84. The van der Waals surface area contributed by atoms with E-state index in [1.54, 1.807) is 6.20 Å². The Morgan fingerprint density at radius 1 is 1.42 bits per heavy atom. The van der Waals surface area contributed by atoms with E-state index in [1.807, 2.05) is 6.07 Å². The molecule has 0 radical (unpaired) electrons. The van der Waals surface area contributed by atoms with Gasteiger partial charge in [0.25, 0.3) is 0 Å². The van der Waals surface area contributed by atoms with Gasteiger partial charge < -0.3 is 10.0 Å². The molecular formula is C15H23ClN2O. The molecule has 0 amide bonds. The van der Waals surface area contributed by atoms with Crippen molar-refractivity contribution in [1.82, 2.24) is 4.98 Å². The molecule has 4 heteroatoms. The zero-order valence-electron chi connectivity index (χ0n) is 11.8. The Balaban J connectivity index is 2.26. The lowest BCUT2D eigenvalue weighted by atomic mass is 10.1. The second-order valence-electron chi connectivity index (χ2n) is 5.79. The van der Waals surface area contributed by atoms with Crippen LogP contribution >= 0.6 is 11.6 Å². The highest BCUT2D eigenvalue weighted by molar-refractivity contribution is 6.33. The minimum atomic E-state index is -0.0133. The average molecular weight is 283 g/mol. The second-order valence-corrected chi connectivity index (χ2v) is 6.20. The van der Waals surface area contributed by atoms with E-state index in [2.05, 4.69) is 23.7 Å². The molecule has 1 saturated carbocycles. The van der Waals surface area contributed by atoms with Crippen LogP contribution in [0.2, 0.25) is 5.02 Å². The number of pyridine rings is 1. The van der Waals surface area contributed by atoms with Crippen molar-refractivity contribution in [3.05, 3.63) is 22.8 Å². The Bertz CT molecular complexity index is 417. The smallest absolute Gasteiger partial charge is 0.147 e. The Hall–Kier alpha value is -0.800. The fourth-order valence-electron chi connectivity index (χ4n) is 2.79. The van der Waals surface area contributed by atoms with Crippen molar-refractivity contribution in [2.45, 2.75) is 52.2 Å². The molecule has 1 N–H and O–H groups in total. The standard InChI is InChI=1S/C15H23ClN2O/c1-11(2)9-18(13-5-3-4-6-13)15-14(16)7-12(10-19)8-17-15/h7-8,11,13,19H,3-6,9-10H2,1-2H3. The number of aliphatic hydroxyl groups excluding tert-OH is 1. The highest BCUT2D eigenvalue weighted by atomic mass is 35.5. The van der Waals surface area contributed by atoms with Gasteiger partial charge in [-0.1, -0.05) is 38.3 Å². The summed E-state index contributed by atoms with van der Waals surface area (Å²) < 4.78 is 0. The number of hydrogen-bond acceptors (Lipinski definition) is 3. The molecule has 0 aromatic carbocycles. The number of nitrogens with zero attached hydrogens (tertiary/aromatic N) is 2. The fraction of sp³-hybridized carbons (Fsp3) is 0.667. The molecule has 0 unspecified atom stereocenters.